The molecule has 4 atom stereocenters. The van der Waals surface area contributed by atoms with Crippen LogP contribution in [-0.4, -0.2) is 56.9 Å². The number of carbonyl (C=O) groups excluding carboxylic acids is 1. The van der Waals surface area contributed by atoms with E-state index in [1.165, 1.54) is 18.4 Å². The minimum atomic E-state index is -0.371. The summed E-state index contributed by atoms with van der Waals surface area (Å²) in [4.78, 5) is 28.9. The van der Waals surface area contributed by atoms with Crippen molar-refractivity contribution in [3.05, 3.63) is 35.5 Å². The van der Waals surface area contributed by atoms with Crippen LogP contribution in [0.3, 0.4) is 0 Å². The second-order valence-corrected chi connectivity index (χ2v) is 8.97. The first-order chi connectivity index (χ1) is 14.1. The number of nitrogens with zero attached hydrogens (tertiary/aromatic N) is 5. The smallest absolute Gasteiger partial charge is 0.348 e. The van der Waals surface area contributed by atoms with Crippen molar-refractivity contribution in [2.45, 2.75) is 31.9 Å². The van der Waals surface area contributed by atoms with Crippen LogP contribution in [0.1, 0.15) is 34.1 Å². The maximum Gasteiger partial charge on any atom is 0.348 e. The number of methoxy groups -OCH3 is 1. The lowest BCUT2D eigenvalue weighted by Gasteiger charge is -2.35. The van der Waals surface area contributed by atoms with Crippen LogP contribution in [0.2, 0.25) is 0 Å². The zero-order valence-electron chi connectivity index (χ0n) is 16.4. The van der Waals surface area contributed by atoms with Gasteiger partial charge >= 0.3 is 5.97 Å². The van der Waals surface area contributed by atoms with E-state index in [1.54, 1.807) is 18.9 Å². The average Bonchev–Trinajstić information content (AvgIpc) is 3.45. The first-order valence-electron chi connectivity index (χ1n) is 9.79. The van der Waals surface area contributed by atoms with Crippen molar-refractivity contribution in [2.24, 2.45) is 11.8 Å². The summed E-state index contributed by atoms with van der Waals surface area (Å²) in [5.41, 5.74) is 0.874. The molecule has 0 bridgehead atoms. The molecule has 3 aromatic heterocycles. The molecule has 29 heavy (non-hydrogen) atoms. The van der Waals surface area contributed by atoms with Crippen molar-refractivity contribution >= 4 is 33.3 Å². The van der Waals surface area contributed by atoms with E-state index in [0.717, 1.165) is 47.5 Å². The van der Waals surface area contributed by atoms with Gasteiger partial charge in [0.25, 0.3) is 0 Å². The van der Waals surface area contributed by atoms with E-state index >= 15 is 0 Å². The average molecular weight is 414 g/mol. The van der Waals surface area contributed by atoms with Gasteiger partial charge in [-0.15, -0.1) is 11.3 Å². The monoisotopic (exact) mass is 413 g/mol. The number of anilines is 1. The molecule has 1 saturated heterocycles. The topological polar surface area (TPSA) is 93.4 Å². The number of carbonyl (C=O) groups is 1. The van der Waals surface area contributed by atoms with Gasteiger partial charge in [-0.3, -0.25) is 0 Å². The summed E-state index contributed by atoms with van der Waals surface area (Å²) in [6.45, 7) is 3.67. The lowest BCUT2D eigenvalue weighted by molar-refractivity contribution is 0.0358. The molecule has 1 aliphatic heterocycles. The van der Waals surface area contributed by atoms with Gasteiger partial charge in [0.05, 0.1) is 31.0 Å². The third-order valence-electron chi connectivity index (χ3n) is 6.39. The van der Waals surface area contributed by atoms with Crippen molar-refractivity contribution in [2.75, 3.05) is 25.1 Å². The fourth-order valence-electron chi connectivity index (χ4n) is 4.95. The van der Waals surface area contributed by atoms with Crippen molar-refractivity contribution in [1.82, 2.24) is 19.5 Å². The van der Waals surface area contributed by atoms with E-state index < -0.39 is 0 Å². The number of rotatable bonds is 3. The third-order valence-corrected chi connectivity index (χ3v) is 7.57. The molecule has 0 amide bonds. The number of aryl methyl sites for hydroxylation is 1. The minimum absolute atomic E-state index is 0.0675. The van der Waals surface area contributed by atoms with Crippen molar-refractivity contribution < 1.29 is 14.6 Å². The standard InChI is InChI=1S/C20H23N5O3S/c1-11-16-18(22-9-23-19(16)29-17(11)20(27)28-2)25-7-12-5-14(24-4-3-21-10-24)15(26)6-13(12)8-25/h3-4,9-10,12-15,26H,5-8H2,1-2H3/t12-,13+,14-,15-/m1/s1. The van der Waals surface area contributed by atoms with E-state index in [2.05, 4.69) is 19.9 Å². The summed E-state index contributed by atoms with van der Waals surface area (Å²) in [6.07, 6.45) is 8.37. The molecule has 0 radical (unpaired) electrons. The first kappa shape index (κ1) is 18.5. The quantitative estimate of drug-likeness (QED) is 0.659. The van der Waals surface area contributed by atoms with E-state index in [-0.39, 0.29) is 18.1 Å². The van der Waals surface area contributed by atoms with Gasteiger partial charge in [0.1, 0.15) is 21.9 Å². The van der Waals surface area contributed by atoms with Crippen molar-refractivity contribution in [3.8, 4) is 0 Å². The summed E-state index contributed by atoms with van der Waals surface area (Å²) in [5, 5.41) is 11.6. The molecule has 1 aliphatic carbocycles. The van der Waals surface area contributed by atoms with Crippen LogP contribution >= 0.6 is 11.3 Å². The highest BCUT2D eigenvalue weighted by Crippen LogP contribution is 2.44. The Labute approximate surface area is 172 Å². The van der Waals surface area contributed by atoms with Gasteiger partial charge in [-0.2, -0.15) is 0 Å². The van der Waals surface area contributed by atoms with Gasteiger partial charge < -0.3 is 19.3 Å². The number of hydrogen-bond acceptors (Lipinski definition) is 8. The van der Waals surface area contributed by atoms with Crippen LogP contribution in [0.25, 0.3) is 10.2 Å². The number of aliphatic hydroxyl groups is 1. The normalized spacial score (nSPS) is 26.7. The zero-order chi connectivity index (χ0) is 20.1. The number of aliphatic hydroxyl groups excluding tert-OH is 1. The van der Waals surface area contributed by atoms with Crippen LogP contribution in [0.4, 0.5) is 5.82 Å². The van der Waals surface area contributed by atoms with Gasteiger partial charge in [-0.25, -0.2) is 19.7 Å². The zero-order valence-corrected chi connectivity index (χ0v) is 17.2. The maximum absolute atomic E-state index is 12.1. The Kier molecular flexibility index (Phi) is 4.51. The molecule has 2 aliphatic rings. The van der Waals surface area contributed by atoms with Crippen LogP contribution < -0.4 is 4.90 Å². The number of esters is 1. The van der Waals surface area contributed by atoms with Gasteiger partial charge in [-0.1, -0.05) is 0 Å². The molecule has 1 N–H and O–H groups in total. The highest BCUT2D eigenvalue weighted by atomic mass is 32.1. The number of hydrogen-bond donors (Lipinski definition) is 1. The summed E-state index contributed by atoms with van der Waals surface area (Å²) in [7, 11) is 1.39. The van der Waals surface area contributed by atoms with Gasteiger partial charge in [0, 0.05) is 25.5 Å². The lowest BCUT2D eigenvalue weighted by atomic mass is 9.77. The number of thiophene rings is 1. The highest BCUT2D eigenvalue weighted by Gasteiger charge is 2.43. The molecule has 8 nitrogen and oxygen atoms in total. The fraction of sp³-hybridized carbons (Fsp3) is 0.500. The Morgan fingerprint density at radius 1 is 1.28 bits per heavy atom. The number of aromatic nitrogens is 4. The number of imidazole rings is 1. The van der Waals surface area contributed by atoms with Crippen LogP contribution in [0, 0.1) is 18.8 Å². The van der Waals surface area contributed by atoms with E-state index in [4.69, 9.17) is 4.74 Å². The molecule has 0 unspecified atom stereocenters. The molecule has 5 rings (SSSR count). The second kappa shape index (κ2) is 7.07. The summed E-state index contributed by atoms with van der Waals surface area (Å²) < 4.78 is 6.95. The first-order valence-corrected chi connectivity index (χ1v) is 10.6. The summed E-state index contributed by atoms with van der Waals surface area (Å²) >= 11 is 1.35. The number of ether oxygens (including phenoxy) is 1. The van der Waals surface area contributed by atoms with Crippen LogP contribution in [-0.2, 0) is 4.74 Å². The fourth-order valence-corrected chi connectivity index (χ4v) is 6.01. The lowest BCUT2D eigenvalue weighted by Crippen LogP contribution is -2.35. The van der Waals surface area contributed by atoms with E-state index in [9.17, 15) is 9.90 Å². The summed E-state index contributed by atoms with van der Waals surface area (Å²) in [6, 6.07) is 0.0675. The second-order valence-electron chi connectivity index (χ2n) is 7.97. The molecule has 0 aromatic carbocycles. The molecular formula is C20H23N5O3S. The molecule has 2 fully saturated rings. The van der Waals surface area contributed by atoms with Crippen LogP contribution in [0.15, 0.2) is 25.0 Å². The Hall–Kier alpha value is -2.52. The molecule has 0 spiro atoms. The predicted molar refractivity (Wildman–Crippen MR) is 109 cm³/mol. The molecule has 3 aromatic rings. The molecular weight excluding hydrogens is 390 g/mol. The Balaban J connectivity index is 1.45. The third kappa shape index (κ3) is 3.00. The van der Waals surface area contributed by atoms with E-state index in [1.807, 2.05) is 17.7 Å². The molecule has 152 valence electrons. The molecule has 1 saturated carbocycles. The van der Waals surface area contributed by atoms with E-state index in [0.29, 0.717) is 16.7 Å². The van der Waals surface area contributed by atoms with Crippen LogP contribution in [0.5, 0.6) is 0 Å². The minimum Gasteiger partial charge on any atom is -0.465 e. The molecule has 9 heteroatoms. The SMILES string of the molecule is COC(=O)c1sc2ncnc(N3C[C@H]4C[C@@H](n5ccnc5)[C@H](O)C[C@H]4C3)c2c1C. The summed E-state index contributed by atoms with van der Waals surface area (Å²) in [5.74, 6) is 1.45. The Bertz CT molecular complexity index is 1050. The predicted octanol–water partition coefficient (Wildman–Crippen LogP) is 2.43. The van der Waals surface area contributed by atoms with Gasteiger partial charge in [-0.05, 0) is 37.2 Å². The van der Waals surface area contributed by atoms with Crippen molar-refractivity contribution in [1.29, 1.82) is 0 Å². The largest absolute Gasteiger partial charge is 0.465 e. The number of fused-ring (bicyclic) bond motifs is 2. The van der Waals surface area contributed by atoms with Gasteiger partial charge in [0.2, 0.25) is 0 Å². The Morgan fingerprint density at radius 2 is 2.07 bits per heavy atom. The van der Waals surface area contributed by atoms with Gasteiger partial charge in [0.15, 0.2) is 0 Å². The van der Waals surface area contributed by atoms with Crippen molar-refractivity contribution in [3.63, 3.8) is 0 Å². The molecule has 4 heterocycles. The highest BCUT2D eigenvalue weighted by molar-refractivity contribution is 7.20. The Morgan fingerprint density at radius 3 is 2.79 bits per heavy atom. The maximum atomic E-state index is 12.1.